The molecular formula is C23H26N2O. The van der Waals surface area contributed by atoms with Gasteiger partial charge in [-0.1, -0.05) is 74.2 Å². The van der Waals surface area contributed by atoms with Crippen LogP contribution in [-0.4, -0.2) is 17.0 Å². The first-order valence-corrected chi connectivity index (χ1v) is 10.0. The molecule has 134 valence electrons. The van der Waals surface area contributed by atoms with E-state index in [0.29, 0.717) is 5.91 Å². The maximum Gasteiger partial charge on any atom is 0.248 e. The second-order valence-corrected chi connectivity index (χ2v) is 8.17. The largest absolute Gasteiger partial charge is 0.295 e. The monoisotopic (exact) mass is 346 g/mol. The average molecular weight is 346 g/mol. The van der Waals surface area contributed by atoms with E-state index >= 15 is 0 Å². The number of hydrogen-bond donors (Lipinski definition) is 1. The number of benzene rings is 2. The molecule has 1 N–H and O–H groups in total. The molecular weight excluding hydrogens is 320 g/mol. The van der Waals surface area contributed by atoms with Crippen LogP contribution >= 0.6 is 0 Å². The smallest absolute Gasteiger partial charge is 0.248 e. The number of amides is 1. The summed E-state index contributed by atoms with van der Waals surface area (Å²) in [5.74, 6) is 0.600. The van der Waals surface area contributed by atoms with Crippen LogP contribution in [0.2, 0.25) is 0 Å². The van der Waals surface area contributed by atoms with E-state index in [0.717, 1.165) is 24.9 Å². The summed E-state index contributed by atoms with van der Waals surface area (Å²) in [6, 6.07) is 19.4. The number of anilines is 1. The van der Waals surface area contributed by atoms with Crippen LogP contribution in [0.1, 0.15) is 55.6 Å². The molecule has 1 spiro atoms. The molecule has 0 bridgehead atoms. The zero-order chi connectivity index (χ0) is 17.6. The summed E-state index contributed by atoms with van der Waals surface area (Å²) in [4.78, 5) is 13.7. The molecule has 2 atom stereocenters. The molecule has 2 aromatic carbocycles. The van der Waals surface area contributed by atoms with Gasteiger partial charge in [-0.15, -0.1) is 0 Å². The first-order valence-electron chi connectivity index (χ1n) is 10.0. The van der Waals surface area contributed by atoms with E-state index < -0.39 is 0 Å². The Labute approximate surface area is 155 Å². The highest BCUT2D eigenvalue weighted by Gasteiger charge is 2.59. The van der Waals surface area contributed by atoms with Gasteiger partial charge in [-0.05, 0) is 36.5 Å². The SMILES string of the molecule is O=C1N2Nc3ccccc3CC2C(c2ccccc2)C12CCCCCC2. The van der Waals surface area contributed by atoms with Crippen LogP contribution in [-0.2, 0) is 11.2 Å². The van der Waals surface area contributed by atoms with Crippen molar-refractivity contribution in [2.24, 2.45) is 5.41 Å². The van der Waals surface area contributed by atoms with Crippen molar-refractivity contribution in [1.82, 2.24) is 5.01 Å². The third-order valence-corrected chi connectivity index (χ3v) is 6.80. The highest BCUT2D eigenvalue weighted by Crippen LogP contribution is 2.56. The third-order valence-electron chi connectivity index (χ3n) is 6.80. The number of carbonyl (C=O) groups excluding carboxylic acids is 1. The minimum atomic E-state index is -0.239. The number of nitrogens with zero attached hydrogens (tertiary/aromatic N) is 1. The Morgan fingerprint density at radius 2 is 1.58 bits per heavy atom. The predicted molar refractivity (Wildman–Crippen MR) is 104 cm³/mol. The number of hydrazine groups is 1. The lowest BCUT2D eigenvalue weighted by Crippen LogP contribution is -2.44. The Morgan fingerprint density at radius 3 is 2.35 bits per heavy atom. The Bertz CT molecular complexity index is 808. The van der Waals surface area contributed by atoms with Gasteiger partial charge in [0.1, 0.15) is 0 Å². The van der Waals surface area contributed by atoms with Gasteiger partial charge in [-0.3, -0.25) is 15.2 Å². The van der Waals surface area contributed by atoms with Gasteiger partial charge >= 0.3 is 0 Å². The van der Waals surface area contributed by atoms with Gasteiger partial charge in [0.05, 0.1) is 17.1 Å². The number of carbonyl (C=O) groups is 1. The molecule has 5 rings (SSSR count). The molecule has 2 unspecified atom stereocenters. The maximum atomic E-state index is 13.7. The molecule has 2 aliphatic heterocycles. The summed E-state index contributed by atoms with van der Waals surface area (Å²) >= 11 is 0. The highest BCUT2D eigenvalue weighted by atomic mass is 16.2. The first kappa shape index (κ1) is 15.9. The van der Waals surface area contributed by atoms with Gasteiger partial charge in [0.15, 0.2) is 0 Å². The average Bonchev–Trinajstić information content (AvgIpc) is 2.84. The van der Waals surface area contributed by atoms with Crippen LogP contribution in [0.25, 0.3) is 0 Å². The van der Waals surface area contributed by atoms with Crippen molar-refractivity contribution < 1.29 is 4.79 Å². The van der Waals surface area contributed by atoms with Crippen LogP contribution in [0, 0.1) is 5.41 Å². The Balaban J connectivity index is 1.63. The molecule has 0 radical (unpaired) electrons. The Kier molecular flexibility index (Phi) is 3.77. The van der Waals surface area contributed by atoms with Gasteiger partial charge in [-0.25, -0.2) is 0 Å². The van der Waals surface area contributed by atoms with Crippen molar-refractivity contribution in [3.05, 3.63) is 65.7 Å². The van der Waals surface area contributed by atoms with E-state index in [4.69, 9.17) is 0 Å². The molecule has 3 heteroatoms. The molecule has 2 fully saturated rings. The molecule has 1 amide bonds. The number of para-hydroxylation sites is 1. The zero-order valence-corrected chi connectivity index (χ0v) is 15.2. The summed E-state index contributed by atoms with van der Waals surface area (Å²) in [6.45, 7) is 0. The molecule has 2 aromatic rings. The fourth-order valence-electron chi connectivity index (χ4n) is 5.63. The van der Waals surface area contributed by atoms with E-state index in [1.807, 2.05) is 11.1 Å². The van der Waals surface area contributed by atoms with E-state index in [1.54, 1.807) is 0 Å². The minimum Gasteiger partial charge on any atom is -0.295 e. The van der Waals surface area contributed by atoms with Crippen molar-refractivity contribution in [2.45, 2.75) is 56.9 Å². The van der Waals surface area contributed by atoms with Crippen molar-refractivity contribution in [3.63, 3.8) is 0 Å². The lowest BCUT2D eigenvalue weighted by molar-refractivity contribution is -0.136. The molecule has 1 aliphatic carbocycles. The fraction of sp³-hybridized carbons (Fsp3) is 0.435. The summed E-state index contributed by atoms with van der Waals surface area (Å²) in [6.07, 6.45) is 7.85. The number of hydrogen-bond acceptors (Lipinski definition) is 2. The summed E-state index contributed by atoms with van der Waals surface area (Å²) in [5, 5.41) is 1.99. The number of fused-ring (bicyclic) bond motifs is 2. The standard InChI is InChI=1S/C23H26N2O/c26-22-23(14-8-1-2-9-15-23)21(17-10-4-3-5-11-17)20-16-18-12-6-7-13-19(18)24-25(20)22/h3-7,10-13,20-21,24H,1-2,8-9,14-16H2. The highest BCUT2D eigenvalue weighted by molar-refractivity contribution is 5.89. The topological polar surface area (TPSA) is 32.3 Å². The molecule has 1 saturated heterocycles. The van der Waals surface area contributed by atoms with Crippen molar-refractivity contribution in [1.29, 1.82) is 0 Å². The molecule has 26 heavy (non-hydrogen) atoms. The molecule has 0 aromatic heterocycles. The van der Waals surface area contributed by atoms with Gasteiger partial charge in [0, 0.05) is 5.92 Å². The quantitative estimate of drug-likeness (QED) is 0.796. The first-order chi connectivity index (χ1) is 12.8. The molecule has 3 nitrogen and oxygen atoms in total. The molecule has 2 heterocycles. The number of nitrogens with one attached hydrogen (secondary N) is 1. The van der Waals surface area contributed by atoms with Gasteiger partial charge < -0.3 is 0 Å². The fourth-order valence-corrected chi connectivity index (χ4v) is 5.63. The predicted octanol–water partition coefficient (Wildman–Crippen LogP) is 4.90. The lowest BCUT2D eigenvalue weighted by atomic mass is 9.66. The van der Waals surface area contributed by atoms with Crippen LogP contribution in [0.3, 0.4) is 0 Å². The second kappa shape index (κ2) is 6.15. The minimum absolute atomic E-state index is 0.206. The van der Waals surface area contributed by atoms with Crippen LogP contribution < -0.4 is 5.43 Å². The van der Waals surface area contributed by atoms with Crippen LogP contribution in [0.15, 0.2) is 54.6 Å². The van der Waals surface area contributed by atoms with Crippen LogP contribution in [0.5, 0.6) is 0 Å². The van der Waals surface area contributed by atoms with Gasteiger partial charge in [0.2, 0.25) is 5.91 Å². The van der Waals surface area contributed by atoms with E-state index in [9.17, 15) is 4.79 Å². The maximum absolute atomic E-state index is 13.7. The normalized spacial score (nSPS) is 26.8. The lowest BCUT2D eigenvalue weighted by Gasteiger charge is -2.36. The molecule has 3 aliphatic rings. The Hall–Kier alpha value is -2.29. The van der Waals surface area contributed by atoms with Crippen molar-refractivity contribution in [2.75, 3.05) is 5.43 Å². The van der Waals surface area contributed by atoms with E-state index in [2.05, 4.69) is 54.0 Å². The van der Waals surface area contributed by atoms with Crippen LogP contribution in [0.4, 0.5) is 5.69 Å². The van der Waals surface area contributed by atoms with Gasteiger partial charge in [0.25, 0.3) is 0 Å². The third kappa shape index (κ3) is 2.29. The second-order valence-electron chi connectivity index (χ2n) is 8.17. The van der Waals surface area contributed by atoms with E-state index in [-0.39, 0.29) is 17.4 Å². The Morgan fingerprint density at radius 1 is 0.885 bits per heavy atom. The van der Waals surface area contributed by atoms with Gasteiger partial charge in [-0.2, -0.15) is 0 Å². The van der Waals surface area contributed by atoms with Crippen molar-refractivity contribution >= 4 is 11.6 Å². The summed E-state index contributed by atoms with van der Waals surface area (Å²) in [5.41, 5.74) is 6.99. The summed E-state index contributed by atoms with van der Waals surface area (Å²) in [7, 11) is 0. The number of rotatable bonds is 1. The van der Waals surface area contributed by atoms with E-state index in [1.165, 1.54) is 36.8 Å². The zero-order valence-electron chi connectivity index (χ0n) is 15.2. The summed E-state index contributed by atoms with van der Waals surface area (Å²) < 4.78 is 0. The molecule has 1 saturated carbocycles. The van der Waals surface area contributed by atoms with Crippen molar-refractivity contribution in [3.8, 4) is 0 Å².